The van der Waals surface area contributed by atoms with Crippen molar-refractivity contribution in [3.63, 3.8) is 0 Å². The lowest BCUT2D eigenvalue weighted by Crippen LogP contribution is -2.20. The molecule has 2 rings (SSSR count). The normalized spacial score (nSPS) is 10.1. The molecule has 1 heterocycles. The number of hydrogen-bond donors (Lipinski definition) is 2. The molecule has 6 nitrogen and oxygen atoms in total. The Morgan fingerprint density at radius 3 is 2.68 bits per heavy atom. The van der Waals surface area contributed by atoms with E-state index in [-0.39, 0.29) is 5.91 Å². The summed E-state index contributed by atoms with van der Waals surface area (Å²) in [4.78, 5) is 11.4. The molecule has 22 heavy (non-hydrogen) atoms. The molecule has 0 unspecified atom stereocenters. The van der Waals surface area contributed by atoms with Gasteiger partial charge in [-0.25, -0.2) is 0 Å². The van der Waals surface area contributed by atoms with E-state index < -0.39 is 0 Å². The van der Waals surface area contributed by atoms with Gasteiger partial charge in [0.25, 0.3) is 5.91 Å². The molecular weight excluding hydrogens is 280 g/mol. The minimum absolute atomic E-state index is 0.246. The van der Waals surface area contributed by atoms with Gasteiger partial charge in [0.1, 0.15) is 11.6 Å². The topological polar surface area (TPSA) is 76.1 Å². The van der Waals surface area contributed by atoms with Crippen molar-refractivity contribution in [2.45, 2.75) is 13.3 Å². The van der Waals surface area contributed by atoms with Crippen molar-refractivity contribution in [1.29, 1.82) is 0 Å². The van der Waals surface area contributed by atoms with E-state index in [1.807, 2.05) is 31.2 Å². The summed E-state index contributed by atoms with van der Waals surface area (Å²) in [5.74, 6) is 1.30. The van der Waals surface area contributed by atoms with Crippen molar-refractivity contribution in [2.24, 2.45) is 0 Å². The van der Waals surface area contributed by atoms with Gasteiger partial charge in [0.2, 0.25) is 0 Å². The smallest absolute Gasteiger partial charge is 0.271 e. The third-order valence-corrected chi connectivity index (χ3v) is 3.10. The molecule has 0 spiro atoms. The summed E-state index contributed by atoms with van der Waals surface area (Å²) < 4.78 is 5.59. The highest BCUT2D eigenvalue weighted by Crippen LogP contribution is 2.18. The molecule has 0 aliphatic carbocycles. The molecule has 0 aliphatic rings. The summed E-state index contributed by atoms with van der Waals surface area (Å²) in [6.45, 7) is 3.33. The molecule has 6 heteroatoms. The van der Waals surface area contributed by atoms with Crippen LogP contribution in [0.1, 0.15) is 23.0 Å². The number of rotatable bonds is 7. The number of amides is 1. The van der Waals surface area contributed by atoms with E-state index >= 15 is 0 Å². The zero-order valence-electron chi connectivity index (χ0n) is 12.8. The predicted molar refractivity (Wildman–Crippen MR) is 85.2 cm³/mol. The van der Waals surface area contributed by atoms with Crippen molar-refractivity contribution in [1.82, 2.24) is 15.5 Å². The number of hydrogen-bond acceptors (Lipinski definition) is 5. The fourth-order valence-electron chi connectivity index (χ4n) is 2.01. The summed E-state index contributed by atoms with van der Waals surface area (Å²) in [6.07, 6.45) is 0.815. The number of anilines is 1. The van der Waals surface area contributed by atoms with Gasteiger partial charge in [-0.2, -0.15) is 0 Å². The maximum Gasteiger partial charge on any atom is 0.271 e. The molecule has 0 saturated heterocycles. The number of carbonyl (C=O) groups is 1. The molecule has 0 aliphatic heterocycles. The largest absolute Gasteiger partial charge is 0.494 e. The third kappa shape index (κ3) is 4.18. The second-order valence-electron chi connectivity index (χ2n) is 4.60. The van der Waals surface area contributed by atoms with E-state index in [4.69, 9.17) is 4.74 Å². The van der Waals surface area contributed by atoms with Gasteiger partial charge in [-0.05, 0) is 37.1 Å². The minimum atomic E-state index is -0.246. The van der Waals surface area contributed by atoms with E-state index in [1.165, 1.54) is 0 Å². The first-order valence-corrected chi connectivity index (χ1v) is 7.25. The number of nitrogens with zero attached hydrogens (tertiary/aromatic N) is 2. The average molecular weight is 300 g/mol. The molecule has 116 valence electrons. The standard InChI is InChI=1S/C16H20N4O2/c1-3-22-14-7-5-4-6-12(14)10-11-18-15-9-8-13(19-20-15)16(21)17-2/h4-9H,3,10-11H2,1-2H3,(H,17,21)(H,18,20). The summed E-state index contributed by atoms with van der Waals surface area (Å²) in [5.41, 5.74) is 1.45. The summed E-state index contributed by atoms with van der Waals surface area (Å²) >= 11 is 0. The number of ether oxygens (including phenoxy) is 1. The predicted octanol–water partition coefficient (Wildman–Crippen LogP) is 1.89. The summed E-state index contributed by atoms with van der Waals surface area (Å²) in [7, 11) is 1.56. The van der Waals surface area contributed by atoms with Gasteiger partial charge in [0.05, 0.1) is 6.61 Å². The highest BCUT2D eigenvalue weighted by atomic mass is 16.5. The molecule has 1 aromatic heterocycles. The van der Waals surface area contributed by atoms with Crippen molar-refractivity contribution in [3.05, 3.63) is 47.7 Å². The molecular formula is C16H20N4O2. The van der Waals surface area contributed by atoms with Gasteiger partial charge in [-0.3, -0.25) is 4.79 Å². The Morgan fingerprint density at radius 2 is 2.00 bits per heavy atom. The number of nitrogens with one attached hydrogen (secondary N) is 2. The van der Waals surface area contributed by atoms with Crippen LogP contribution in [0.4, 0.5) is 5.82 Å². The fourth-order valence-corrected chi connectivity index (χ4v) is 2.01. The summed E-state index contributed by atoms with van der Waals surface area (Å²) in [6, 6.07) is 11.4. The first-order valence-electron chi connectivity index (χ1n) is 7.25. The quantitative estimate of drug-likeness (QED) is 0.816. The van der Waals surface area contributed by atoms with Crippen molar-refractivity contribution < 1.29 is 9.53 Å². The lowest BCUT2D eigenvalue weighted by molar-refractivity contribution is 0.0957. The van der Waals surface area contributed by atoms with Crippen molar-refractivity contribution in [2.75, 3.05) is 25.5 Å². The van der Waals surface area contributed by atoms with Crippen LogP contribution in [0.3, 0.4) is 0 Å². The van der Waals surface area contributed by atoms with Gasteiger partial charge in [-0.1, -0.05) is 18.2 Å². The fraction of sp³-hybridized carbons (Fsp3) is 0.312. The average Bonchev–Trinajstić information content (AvgIpc) is 2.56. The van der Waals surface area contributed by atoms with Crippen LogP contribution in [-0.4, -0.2) is 36.3 Å². The monoisotopic (exact) mass is 300 g/mol. The van der Waals surface area contributed by atoms with Gasteiger partial charge in [-0.15, -0.1) is 10.2 Å². The van der Waals surface area contributed by atoms with Crippen molar-refractivity contribution in [3.8, 4) is 5.75 Å². The maximum atomic E-state index is 11.4. The first kappa shape index (κ1) is 15.8. The molecule has 0 radical (unpaired) electrons. The Labute approximate surface area is 129 Å². The zero-order valence-corrected chi connectivity index (χ0v) is 12.8. The Morgan fingerprint density at radius 1 is 1.18 bits per heavy atom. The molecule has 2 aromatic rings. The van der Waals surface area contributed by atoms with E-state index in [0.29, 0.717) is 24.7 Å². The molecule has 0 bridgehead atoms. The van der Waals surface area contributed by atoms with E-state index in [1.54, 1.807) is 19.2 Å². The number of para-hydroxylation sites is 1. The molecule has 2 N–H and O–H groups in total. The maximum absolute atomic E-state index is 11.4. The molecule has 1 amide bonds. The van der Waals surface area contributed by atoms with Crippen LogP contribution >= 0.6 is 0 Å². The van der Waals surface area contributed by atoms with Crippen LogP contribution in [0.25, 0.3) is 0 Å². The first-order chi connectivity index (χ1) is 10.7. The SMILES string of the molecule is CCOc1ccccc1CCNc1ccc(C(=O)NC)nn1. The Hall–Kier alpha value is -2.63. The van der Waals surface area contributed by atoms with E-state index in [0.717, 1.165) is 17.7 Å². The number of carbonyl (C=O) groups excluding carboxylic acids is 1. The second kappa shape index (κ2) is 7.97. The summed E-state index contributed by atoms with van der Waals surface area (Å²) in [5, 5.41) is 13.6. The Kier molecular flexibility index (Phi) is 5.71. The van der Waals surface area contributed by atoms with Gasteiger partial charge in [0, 0.05) is 13.6 Å². The molecule has 0 atom stereocenters. The molecule has 1 aromatic carbocycles. The van der Waals surface area contributed by atoms with E-state index in [2.05, 4.69) is 20.8 Å². The minimum Gasteiger partial charge on any atom is -0.494 e. The van der Waals surface area contributed by atoms with Crippen LogP contribution in [0, 0.1) is 0 Å². The number of benzene rings is 1. The lowest BCUT2D eigenvalue weighted by Gasteiger charge is -2.10. The number of aromatic nitrogens is 2. The highest BCUT2D eigenvalue weighted by Gasteiger charge is 2.06. The van der Waals surface area contributed by atoms with Crippen LogP contribution in [0.5, 0.6) is 5.75 Å². The van der Waals surface area contributed by atoms with Crippen LogP contribution < -0.4 is 15.4 Å². The Bertz CT molecular complexity index is 614. The van der Waals surface area contributed by atoms with Gasteiger partial charge in [0.15, 0.2) is 5.69 Å². The van der Waals surface area contributed by atoms with Crippen LogP contribution in [0.15, 0.2) is 36.4 Å². The molecule has 0 saturated carbocycles. The lowest BCUT2D eigenvalue weighted by atomic mass is 10.1. The van der Waals surface area contributed by atoms with Crippen LogP contribution in [-0.2, 0) is 6.42 Å². The van der Waals surface area contributed by atoms with Gasteiger partial charge >= 0.3 is 0 Å². The van der Waals surface area contributed by atoms with Crippen molar-refractivity contribution >= 4 is 11.7 Å². The molecule has 0 fully saturated rings. The van der Waals surface area contributed by atoms with Crippen LogP contribution in [0.2, 0.25) is 0 Å². The zero-order chi connectivity index (χ0) is 15.8. The second-order valence-corrected chi connectivity index (χ2v) is 4.60. The Balaban J connectivity index is 1.90. The highest BCUT2D eigenvalue weighted by molar-refractivity contribution is 5.91. The third-order valence-electron chi connectivity index (χ3n) is 3.10. The van der Waals surface area contributed by atoms with Gasteiger partial charge < -0.3 is 15.4 Å². The van der Waals surface area contributed by atoms with E-state index in [9.17, 15) is 4.79 Å².